The van der Waals surface area contributed by atoms with Gasteiger partial charge in [0.25, 0.3) is 0 Å². The Labute approximate surface area is 141 Å². The lowest BCUT2D eigenvalue weighted by molar-refractivity contribution is -0.137. The molecule has 0 spiro atoms. The molecule has 2 N–H and O–H groups in total. The molecule has 1 amide bonds. The Kier molecular flexibility index (Phi) is 5.95. The molecule has 0 bridgehead atoms. The van der Waals surface area contributed by atoms with Crippen LogP contribution in [0.15, 0.2) is 42.5 Å². The smallest absolute Gasteiger partial charge is 0.303 e. The van der Waals surface area contributed by atoms with Crippen molar-refractivity contribution in [2.75, 3.05) is 12.4 Å². The van der Waals surface area contributed by atoms with Gasteiger partial charge in [-0.3, -0.25) is 9.59 Å². The molecule has 0 radical (unpaired) electrons. The van der Waals surface area contributed by atoms with Crippen molar-refractivity contribution in [3.8, 4) is 5.75 Å². The summed E-state index contributed by atoms with van der Waals surface area (Å²) in [6, 6.07) is 12.9. The molecule has 2 rings (SSSR count). The number of methoxy groups -OCH3 is 1. The summed E-state index contributed by atoms with van der Waals surface area (Å²) >= 11 is 0. The maximum absolute atomic E-state index is 12.2. The molecular formula is C19H21NO4. The number of carbonyl (C=O) groups excluding carboxylic acids is 1. The summed E-state index contributed by atoms with van der Waals surface area (Å²) in [7, 11) is 1.61. The fourth-order valence-electron chi connectivity index (χ4n) is 2.42. The number of aryl methyl sites for hydroxylation is 2. The Bertz CT molecular complexity index is 740. The highest BCUT2D eigenvalue weighted by molar-refractivity contribution is 5.92. The maximum Gasteiger partial charge on any atom is 0.303 e. The zero-order valence-corrected chi connectivity index (χ0v) is 13.8. The van der Waals surface area contributed by atoms with E-state index in [0.717, 1.165) is 22.4 Å². The monoisotopic (exact) mass is 327 g/mol. The number of ether oxygens (including phenoxy) is 1. The lowest BCUT2D eigenvalue weighted by Gasteiger charge is -2.09. The minimum atomic E-state index is -0.835. The van der Waals surface area contributed by atoms with Crippen molar-refractivity contribution >= 4 is 17.6 Å². The normalized spacial score (nSPS) is 10.2. The number of rotatable bonds is 7. The molecule has 0 fully saturated rings. The zero-order valence-electron chi connectivity index (χ0n) is 13.8. The van der Waals surface area contributed by atoms with E-state index >= 15 is 0 Å². The Morgan fingerprint density at radius 1 is 1.12 bits per heavy atom. The van der Waals surface area contributed by atoms with E-state index in [1.165, 1.54) is 0 Å². The summed E-state index contributed by atoms with van der Waals surface area (Å²) in [6.45, 7) is 1.95. The van der Waals surface area contributed by atoms with Gasteiger partial charge in [-0.2, -0.15) is 0 Å². The van der Waals surface area contributed by atoms with E-state index in [1.807, 2.05) is 37.3 Å². The van der Waals surface area contributed by atoms with Crippen LogP contribution >= 0.6 is 0 Å². The lowest BCUT2D eigenvalue weighted by atomic mass is 10.1. The number of carboxylic acid groups (broad SMARTS) is 1. The van der Waals surface area contributed by atoms with Crippen molar-refractivity contribution < 1.29 is 19.4 Å². The molecule has 2 aromatic rings. The highest BCUT2D eigenvalue weighted by Crippen LogP contribution is 2.20. The van der Waals surface area contributed by atoms with Crippen LogP contribution in [0.4, 0.5) is 5.69 Å². The van der Waals surface area contributed by atoms with Crippen LogP contribution in [-0.2, 0) is 22.4 Å². The Hall–Kier alpha value is -2.82. The fraction of sp³-hybridized carbons (Fsp3) is 0.263. The van der Waals surface area contributed by atoms with Gasteiger partial charge in [0.2, 0.25) is 5.91 Å². The first-order valence-corrected chi connectivity index (χ1v) is 7.72. The molecule has 0 aliphatic carbocycles. The molecule has 0 atom stereocenters. The second-order valence-corrected chi connectivity index (χ2v) is 5.62. The van der Waals surface area contributed by atoms with Crippen LogP contribution in [0.2, 0.25) is 0 Å². The number of hydrogen-bond donors (Lipinski definition) is 2. The van der Waals surface area contributed by atoms with Crippen molar-refractivity contribution in [1.82, 2.24) is 0 Å². The molecule has 0 unspecified atom stereocenters. The summed E-state index contributed by atoms with van der Waals surface area (Å²) in [4.78, 5) is 22.8. The summed E-state index contributed by atoms with van der Waals surface area (Å²) in [5.41, 5.74) is 3.44. The molecule has 24 heavy (non-hydrogen) atoms. The van der Waals surface area contributed by atoms with E-state index in [-0.39, 0.29) is 18.7 Å². The van der Waals surface area contributed by atoms with Crippen LogP contribution in [0.1, 0.15) is 23.1 Å². The van der Waals surface area contributed by atoms with Crippen molar-refractivity contribution in [1.29, 1.82) is 0 Å². The SMILES string of the molecule is COc1cc(CC(=O)Nc2cccc(CCC(=O)O)c2)ccc1C. The predicted molar refractivity (Wildman–Crippen MR) is 92.5 cm³/mol. The maximum atomic E-state index is 12.2. The average Bonchev–Trinajstić information content (AvgIpc) is 2.55. The fourth-order valence-corrected chi connectivity index (χ4v) is 2.42. The molecule has 126 valence electrons. The first-order chi connectivity index (χ1) is 11.5. The van der Waals surface area contributed by atoms with Crippen LogP contribution in [0, 0.1) is 6.92 Å². The number of carboxylic acids is 1. The molecule has 0 aliphatic heterocycles. The van der Waals surface area contributed by atoms with Crippen molar-refractivity contribution in [2.24, 2.45) is 0 Å². The minimum absolute atomic E-state index is 0.0700. The molecule has 0 aromatic heterocycles. The van der Waals surface area contributed by atoms with E-state index < -0.39 is 5.97 Å². The third kappa shape index (κ3) is 5.12. The van der Waals surface area contributed by atoms with Gasteiger partial charge in [0, 0.05) is 12.1 Å². The molecule has 0 aliphatic rings. The number of hydrogen-bond acceptors (Lipinski definition) is 3. The van der Waals surface area contributed by atoms with Crippen molar-refractivity contribution in [3.63, 3.8) is 0 Å². The standard InChI is InChI=1S/C19H21NO4/c1-13-6-7-15(11-17(13)24-2)12-18(21)20-16-5-3-4-14(10-16)8-9-19(22)23/h3-7,10-11H,8-9,12H2,1-2H3,(H,20,21)(H,22,23). The number of carbonyl (C=O) groups is 2. The Morgan fingerprint density at radius 3 is 2.62 bits per heavy atom. The van der Waals surface area contributed by atoms with E-state index in [4.69, 9.17) is 9.84 Å². The van der Waals surface area contributed by atoms with E-state index in [2.05, 4.69) is 5.32 Å². The van der Waals surface area contributed by atoms with Gasteiger partial charge >= 0.3 is 5.97 Å². The number of nitrogens with one attached hydrogen (secondary N) is 1. The predicted octanol–water partition coefficient (Wildman–Crippen LogP) is 3.20. The number of benzene rings is 2. The van der Waals surface area contributed by atoms with Gasteiger partial charge < -0.3 is 15.2 Å². The van der Waals surface area contributed by atoms with Gasteiger partial charge in [-0.15, -0.1) is 0 Å². The summed E-state index contributed by atoms with van der Waals surface area (Å²) in [5.74, 6) is -0.204. The highest BCUT2D eigenvalue weighted by Gasteiger charge is 2.07. The van der Waals surface area contributed by atoms with Crippen LogP contribution in [0.25, 0.3) is 0 Å². The lowest BCUT2D eigenvalue weighted by Crippen LogP contribution is -2.14. The second-order valence-electron chi connectivity index (χ2n) is 5.62. The van der Waals surface area contributed by atoms with E-state index in [9.17, 15) is 9.59 Å². The summed E-state index contributed by atoms with van der Waals surface area (Å²) < 4.78 is 5.27. The second kappa shape index (κ2) is 8.15. The van der Waals surface area contributed by atoms with Crippen LogP contribution in [0.5, 0.6) is 5.75 Å². The van der Waals surface area contributed by atoms with Crippen molar-refractivity contribution in [2.45, 2.75) is 26.2 Å². The van der Waals surface area contributed by atoms with Crippen LogP contribution < -0.4 is 10.1 Å². The molecule has 2 aromatic carbocycles. The largest absolute Gasteiger partial charge is 0.496 e. The molecular weight excluding hydrogens is 306 g/mol. The molecule has 0 heterocycles. The molecule has 0 saturated carbocycles. The first kappa shape index (κ1) is 17.5. The zero-order chi connectivity index (χ0) is 17.5. The van der Waals surface area contributed by atoms with Crippen LogP contribution in [-0.4, -0.2) is 24.1 Å². The first-order valence-electron chi connectivity index (χ1n) is 7.72. The third-order valence-electron chi connectivity index (χ3n) is 3.68. The highest BCUT2D eigenvalue weighted by atomic mass is 16.5. The topological polar surface area (TPSA) is 75.6 Å². The van der Waals surface area contributed by atoms with E-state index in [1.54, 1.807) is 19.2 Å². The van der Waals surface area contributed by atoms with Crippen LogP contribution in [0.3, 0.4) is 0 Å². The summed E-state index contributed by atoms with van der Waals surface area (Å²) in [6.07, 6.45) is 0.755. The number of aliphatic carboxylic acids is 1. The van der Waals surface area contributed by atoms with Crippen molar-refractivity contribution in [3.05, 3.63) is 59.2 Å². The van der Waals surface area contributed by atoms with Gasteiger partial charge in [0.15, 0.2) is 0 Å². The molecule has 0 saturated heterocycles. The third-order valence-corrected chi connectivity index (χ3v) is 3.68. The summed E-state index contributed by atoms with van der Waals surface area (Å²) in [5, 5.41) is 11.6. The van der Waals surface area contributed by atoms with Gasteiger partial charge in [-0.25, -0.2) is 0 Å². The molecule has 5 heteroatoms. The van der Waals surface area contributed by atoms with Gasteiger partial charge in [0.1, 0.15) is 5.75 Å². The quantitative estimate of drug-likeness (QED) is 0.819. The van der Waals surface area contributed by atoms with Gasteiger partial charge in [-0.1, -0.05) is 24.3 Å². The minimum Gasteiger partial charge on any atom is -0.496 e. The molecule has 5 nitrogen and oxygen atoms in total. The van der Waals surface area contributed by atoms with Gasteiger partial charge in [-0.05, 0) is 48.2 Å². The average molecular weight is 327 g/mol. The number of anilines is 1. The number of amides is 1. The Morgan fingerprint density at radius 2 is 1.92 bits per heavy atom. The Balaban J connectivity index is 1.99. The van der Waals surface area contributed by atoms with E-state index in [0.29, 0.717) is 12.1 Å². The van der Waals surface area contributed by atoms with Gasteiger partial charge in [0.05, 0.1) is 13.5 Å².